The highest BCUT2D eigenvalue weighted by molar-refractivity contribution is 7.16. The number of amides is 1. The van der Waals surface area contributed by atoms with Crippen LogP contribution in [0, 0.1) is 18.6 Å². The van der Waals surface area contributed by atoms with Gasteiger partial charge in [0.2, 0.25) is 5.91 Å². The average molecular weight is 551 g/mol. The van der Waals surface area contributed by atoms with Gasteiger partial charge in [-0.3, -0.25) is 9.69 Å². The lowest BCUT2D eigenvalue weighted by Crippen LogP contribution is -2.48. The molecule has 6 rings (SSSR count). The fraction of sp³-hybridized carbons (Fsp3) is 0.357. The number of carbonyl (C=O) groups excluding carboxylic acids is 1. The van der Waals surface area contributed by atoms with Crippen LogP contribution in [0.3, 0.4) is 0 Å². The lowest BCUT2D eigenvalue weighted by Gasteiger charge is -2.35. The van der Waals surface area contributed by atoms with E-state index in [1.807, 2.05) is 24.9 Å². The van der Waals surface area contributed by atoms with Gasteiger partial charge in [-0.1, -0.05) is 6.58 Å². The van der Waals surface area contributed by atoms with Gasteiger partial charge in [-0.05, 0) is 56.7 Å². The van der Waals surface area contributed by atoms with Crippen LogP contribution in [0.2, 0.25) is 0 Å². The molecule has 4 heterocycles. The molecule has 39 heavy (non-hydrogen) atoms. The Kier molecular flexibility index (Phi) is 6.64. The molecule has 202 valence electrons. The molecular formula is C28H28F2N6O2S. The number of benzene rings is 2. The summed E-state index contributed by atoms with van der Waals surface area (Å²) < 4.78 is 37.5. The highest BCUT2D eigenvalue weighted by atomic mass is 32.1. The number of likely N-dealkylation sites (tertiary alicyclic amines) is 1. The standard InChI is InChI=1S/C28H28F2N6O2S/c1-4-20(37)35-10-12-36(13-11-35)27-18-14-16(2)22(17-7-8-19(29)26-25(17)31-15-39-26)23(30)24(18)32-28(33-27)38-21-6-5-9-34(21)3/h4,7-8,14-15,21H,1,5-6,9-13H2,2-3H3. The number of aryl methyl sites for hydroxylation is 1. The Morgan fingerprint density at radius 2 is 1.95 bits per heavy atom. The van der Waals surface area contributed by atoms with Gasteiger partial charge in [0.1, 0.15) is 17.2 Å². The molecule has 0 aliphatic carbocycles. The molecule has 4 aromatic rings. The molecule has 2 fully saturated rings. The Labute approximate surface area is 228 Å². The summed E-state index contributed by atoms with van der Waals surface area (Å²) in [6, 6.07) is 4.89. The number of thiazole rings is 1. The van der Waals surface area contributed by atoms with Gasteiger partial charge in [0.05, 0.1) is 15.7 Å². The van der Waals surface area contributed by atoms with Crippen LogP contribution in [-0.2, 0) is 4.79 Å². The third-order valence-electron chi connectivity index (χ3n) is 7.55. The molecule has 8 nitrogen and oxygen atoms in total. The van der Waals surface area contributed by atoms with Crippen LogP contribution in [0.25, 0.3) is 32.2 Å². The molecule has 1 amide bonds. The molecule has 0 spiro atoms. The van der Waals surface area contributed by atoms with Gasteiger partial charge >= 0.3 is 6.01 Å². The Morgan fingerprint density at radius 3 is 2.67 bits per heavy atom. The smallest absolute Gasteiger partial charge is 0.320 e. The maximum atomic E-state index is 16.5. The number of carbonyl (C=O) groups is 1. The first-order chi connectivity index (χ1) is 18.9. The molecule has 1 unspecified atom stereocenters. The van der Waals surface area contributed by atoms with E-state index >= 15 is 4.39 Å². The molecule has 0 saturated carbocycles. The molecule has 0 bridgehead atoms. The summed E-state index contributed by atoms with van der Waals surface area (Å²) in [7, 11) is 1.98. The predicted octanol–water partition coefficient (Wildman–Crippen LogP) is 4.76. The van der Waals surface area contributed by atoms with Crippen LogP contribution >= 0.6 is 11.3 Å². The summed E-state index contributed by atoms with van der Waals surface area (Å²) in [6.07, 6.45) is 2.94. The van der Waals surface area contributed by atoms with E-state index in [4.69, 9.17) is 9.72 Å². The van der Waals surface area contributed by atoms with Crippen LogP contribution in [0.1, 0.15) is 18.4 Å². The van der Waals surface area contributed by atoms with Crippen LogP contribution in [0.4, 0.5) is 14.6 Å². The summed E-state index contributed by atoms with van der Waals surface area (Å²) in [6.45, 7) is 8.34. The minimum Gasteiger partial charge on any atom is -0.444 e. The normalized spacial score (nSPS) is 18.3. The molecule has 11 heteroatoms. The van der Waals surface area contributed by atoms with Crippen molar-refractivity contribution < 1.29 is 18.3 Å². The SMILES string of the molecule is C=CC(=O)N1CCN(c2nc(OC3CCCN3C)nc3c(F)c(-c4ccc(F)c5scnc45)c(C)cc23)CC1. The minimum atomic E-state index is -0.528. The summed E-state index contributed by atoms with van der Waals surface area (Å²) in [5.41, 5.74) is 3.62. The first kappa shape index (κ1) is 25.6. The van der Waals surface area contributed by atoms with E-state index in [-0.39, 0.29) is 29.5 Å². The van der Waals surface area contributed by atoms with Crippen molar-refractivity contribution in [2.45, 2.75) is 26.0 Å². The largest absolute Gasteiger partial charge is 0.444 e. The maximum absolute atomic E-state index is 16.5. The minimum absolute atomic E-state index is 0.104. The maximum Gasteiger partial charge on any atom is 0.320 e. The first-order valence-electron chi connectivity index (χ1n) is 12.9. The number of hydrogen-bond acceptors (Lipinski definition) is 8. The molecular weight excluding hydrogens is 522 g/mol. The van der Waals surface area contributed by atoms with Gasteiger partial charge in [0, 0.05) is 49.2 Å². The second kappa shape index (κ2) is 10.1. The molecule has 0 N–H and O–H groups in total. The highest BCUT2D eigenvalue weighted by Gasteiger charge is 2.28. The van der Waals surface area contributed by atoms with Crippen molar-refractivity contribution in [3.63, 3.8) is 0 Å². The van der Waals surface area contributed by atoms with E-state index in [1.165, 1.54) is 23.5 Å². The Bertz CT molecular complexity index is 1600. The number of nitrogens with zero attached hydrogens (tertiary/aromatic N) is 6. The van der Waals surface area contributed by atoms with Crippen LogP contribution in [0.15, 0.2) is 36.4 Å². The second-order valence-electron chi connectivity index (χ2n) is 9.95. The van der Waals surface area contributed by atoms with Crippen LogP contribution in [-0.4, -0.2) is 76.7 Å². The van der Waals surface area contributed by atoms with E-state index in [2.05, 4.69) is 21.4 Å². The molecule has 2 aliphatic heterocycles. The molecule has 1 atom stereocenters. The number of anilines is 1. The average Bonchev–Trinajstić information content (AvgIpc) is 3.59. The second-order valence-corrected chi connectivity index (χ2v) is 10.8. The number of hydrogen-bond donors (Lipinski definition) is 0. The lowest BCUT2D eigenvalue weighted by molar-refractivity contribution is -0.126. The zero-order chi connectivity index (χ0) is 27.3. The topological polar surface area (TPSA) is 74.7 Å². The number of fused-ring (bicyclic) bond motifs is 2. The van der Waals surface area contributed by atoms with E-state index in [0.717, 1.165) is 19.4 Å². The fourth-order valence-corrected chi connectivity index (χ4v) is 6.20. The summed E-state index contributed by atoms with van der Waals surface area (Å²) >= 11 is 1.18. The molecule has 2 aromatic heterocycles. The highest BCUT2D eigenvalue weighted by Crippen LogP contribution is 2.40. The number of ether oxygens (including phenoxy) is 1. The van der Waals surface area contributed by atoms with Crippen molar-refractivity contribution >= 4 is 44.2 Å². The molecule has 2 aliphatic rings. The van der Waals surface area contributed by atoms with Gasteiger partial charge in [-0.15, -0.1) is 11.3 Å². The quantitative estimate of drug-likeness (QED) is 0.332. The lowest BCUT2D eigenvalue weighted by atomic mass is 9.96. The Hall–Kier alpha value is -3.70. The molecule has 2 aromatic carbocycles. The van der Waals surface area contributed by atoms with Gasteiger partial charge in [0.15, 0.2) is 12.0 Å². The van der Waals surface area contributed by atoms with Crippen molar-refractivity contribution in [1.82, 2.24) is 24.8 Å². The van der Waals surface area contributed by atoms with E-state index < -0.39 is 5.82 Å². The van der Waals surface area contributed by atoms with Gasteiger partial charge in [-0.25, -0.2) is 13.8 Å². The summed E-state index contributed by atoms with van der Waals surface area (Å²) in [5, 5.41) is 0.556. The van der Waals surface area contributed by atoms with Crippen molar-refractivity contribution in [2.24, 2.45) is 0 Å². The summed E-state index contributed by atoms with van der Waals surface area (Å²) in [5.74, 6) is -0.465. The first-order valence-corrected chi connectivity index (χ1v) is 13.8. The number of aromatic nitrogens is 3. The van der Waals surface area contributed by atoms with Crippen molar-refractivity contribution in [3.8, 4) is 17.1 Å². The van der Waals surface area contributed by atoms with Crippen LogP contribution in [0.5, 0.6) is 6.01 Å². The number of rotatable bonds is 5. The fourth-order valence-electron chi connectivity index (χ4n) is 5.48. The van der Waals surface area contributed by atoms with Gasteiger partial charge in [-0.2, -0.15) is 9.97 Å². The number of piperazine rings is 1. The summed E-state index contributed by atoms with van der Waals surface area (Å²) in [4.78, 5) is 31.6. The van der Waals surface area contributed by atoms with Gasteiger partial charge in [0.25, 0.3) is 0 Å². The van der Waals surface area contributed by atoms with Crippen molar-refractivity contribution in [2.75, 3.05) is 44.7 Å². The zero-order valence-electron chi connectivity index (χ0n) is 21.8. The monoisotopic (exact) mass is 550 g/mol. The van der Waals surface area contributed by atoms with E-state index in [0.29, 0.717) is 64.3 Å². The zero-order valence-corrected chi connectivity index (χ0v) is 22.6. The molecule has 0 radical (unpaired) electrons. The van der Waals surface area contributed by atoms with Crippen molar-refractivity contribution in [1.29, 1.82) is 0 Å². The molecule has 2 saturated heterocycles. The van der Waals surface area contributed by atoms with Gasteiger partial charge < -0.3 is 14.5 Å². The van der Waals surface area contributed by atoms with E-state index in [1.54, 1.807) is 16.5 Å². The predicted molar refractivity (Wildman–Crippen MR) is 148 cm³/mol. The van der Waals surface area contributed by atoms with E-state index in [9.17, 15) is 9.18 Å². The Balaban J connectivity index is 1.49. The Morgan fingerprint density at radius 1 is 1.15 bits per heavy atom. The number of halogens is 2. The third kappa shape index (κ3) is 4.49. The van der Waals surface area contributed by atoms with Crippen LogP contribution < -0.4 is 9.64 Å². The van der Waals surface area contributed by atoms with Crippen molar-refractivity contribution in [3.05, 3.63) is 53.6 Å². The third-order valence-corrected chi connectivity index (χ3v) is 8.39.